The third-order valence-corrected chi connectivity index (χ3v) is 4.01. The van der Waals surface area contributed by atoms with Gasteiger partial charge in [-0.15, -0.1) is 0 Å². The average Bonchev–Trinajstić information content (AvgIpc) is 2.54. The molecule has 2 aromatic carbocycles. The zero-order chi connectivity index (χ0) is 17.5. The lowest BCUT2D eigenvalue weighted by Gasteiger charge is -2.18. The molecule has 3 nitrogen and oxygen atoms in total. The van der Waals surface area contributed by atoms with Crippen molar-refractivity contribution in [2.75, 3.05) is 13.2 Å². The fourth-order valence-electron chi connectivity index (χ4n) is 2.88. The van der Waals surface area contributed by atoms with E-state index in [0.717, 1.165) is 23.5 Å². The van der Waals surface area contributed by atoms with Gasteiger partial charge >= 0.3 is 0 Å². The second-order valence-electron chi connectivity index (χ2n) is 6.41. The smallest absolute Gasteiger partial charge is 0.122 e. The zero-order valence-electron chi connectivity index (χ0n) is 15.2. The minimum atomic E-state index is 0.180. The van der Waals surface area contributed by atoms with Crippen LogP contribution in [0.1, 0.15) is 43.4 Å². The van der Waals surface area contributed by atoms with E-state index in [0.29, 0.717) is 13.2 Å². The Bertz CT molecular complexity index is 652. The van der Waals surface area contributed by atoms with Gasteiger partial charge in [0.1, 0.15) is 11.5 Å². The van der Waals surface area contributed by atoms with Crippen LogP contribution in [0.4, 0.5) is 0 Å². The molecular formula is C21H29NO2. The summed E-state index contributed by atoms with van der Waals surface area (Å²) >= 11 is 0. The van der Waals surface area contributed by atoms with Crippen molar-refractivity contribution >= 4 is 0 Å². The van der Waals surface area contributed by atoms with Crippen LogP contribution < -0.4 is 15.2 Å². The van der Waals surface area contributed by atoms with Crippen molar-refractivity contribution in [1.29, 1.82) is 0 Å². The first kappa shape index (κ1) is 18.3. The number of nitrogens with two attached hydrogens (primary N) is 1. The van der Waals surface area contributed by atoms with Crippen molar-refractivity contribution in [3.8, 4) is 11.5 Å². The zero-order valence-corrected chi connectivity index (χ0v) is 15.2. The molecule has 2 N–H and O–H groups in total. The van der Waals surface area contributed by atoms with Gasteiger partial charge in [0.2, 0.25) is 0 Å². The number of benzene rings is 2. The van der Waals surface area contributed by atoms with Crippen molar-refractivity contribution < 1.29 is 9.47 Å². The Hall–Kier alpha value is -2.00. The first-order valence-corrected chi connectivity index (χ1v) is 8.72. The van der Waals surface area contributed by atoms with Gasteiger partial charge in [0.15, 0.2) is 0 Å². The predicted octanol–water partition coefficient (Wildman–Crippen LogP) is 4.47. The summed E-state index contributed by atoms with van der Waals surface area (Å²) in [6, 6.07) is 14.7. The highest BCUT2D eigenvalue weighted by atomic mass is 16.5. The third-order valence-electron chi connectivity index (χ3n) is 4.01. The van der Waals surface area contributed by atoms with E-state index in [-0.39, 0.29) is 12.0 Å². The molecule has 24 heavy (non-hydrogen) atoms. The van der Waals surface area contributed by atoms with Crippen molar-refractivity contribution in [3.63, 3.8) is 0 Å². The molecule has 0 fully saturated rings. The largest absolute Gasteiger partial charge is 0.494 e. The molecule has 0 aliphatic rings. The van der Waals surface area contributed by atoms with Gasteiger partial charge in [-0.1, -0.05) is 24.3 Å². The van der Waals surface area contributed by atoms with Crippen molar-refractivity contribution in [2.45, 2.75) is 46.1 Å². The molecule has 0 spiro atoms. The number of rotatable bonds is 8. The number of hydrogen-bond acceptors (Lipinski definition) is 3. The Balaban J connectivity index is 2.16. The minimum absolute atomic E-state index is 0.180. The molecule has 0 bridgehead atoms. The van der Waals surface area contributed by atoms with Crippen LogP contribution in [0, 0.1) is 6.92 Å². The van der Waals surface area contributed by atoms with E-state index in [9.17, 15) is 0 Å². The number of hydrogen-bond donors (Lipinski definition) is 1. The highest BCUT2D eigenvalue weighted by molar-refractivity contribution is 5.39. The molecule has 130 valence electrons. The van der Waals surface area contributed by atoms with E-state index < -0.39 is 0 Å². The molecule has 2 aromatic rings. The van der Waals surface area contributed by atoms with Gasteiger partial charge in [-0.05, 0) is 75.5 Å². The van der Waals surface area contributed by atoms with Gasteiger partial charge in [-0.2, -0.15) is 0 Å². The summed E-state index contributed by atoms with van der Waals surface area (Å²) in [5.41, 5.74) is 9.72. The summed E-state index contributed by atoms with van der Waals surface area (Å²) in [5, 5.41) is 0. The Morgan fingerprint density at radius 2 is 1.88 bits per heavy atom. The van der Waals surface area contributed by atoms with Crippen molar-refractivity contribution in [2.24, 2.45) is 5.73 Å². The van der Waals surface area contributed by atoms with Crippen LogP contribution in [-0.2, 0) is 6.42 Å². The molecule has 3 heteroatoms. The first-order valence-electron chi connectivity index (χ1n) is 8.72. The van der Waals surface area contributed by atoms with E-state index in [1.54, 1.807) is 0 Å². The molecule has 0 amide bonds. The molecule has 1 unspecified atom stereocenters. The molecule has 0 heterocycles. The quantitative estimate of drug-likeness (QED) is 0.778. The van der Waals surface area contributed by atoms with E-state index in [2.05, 4.69) is 37.3 Å². The first-order chi connectivity index (χ1) is 11.5. The van der Waals surface area contributed by atoms with E-state index >= 15 is 0 Å². The van der Waals surface area contributed by atoms with Gasteiger partial charge in [0, 0.05) is 5.92 Å². The van der Waals surface area contributed by atoms with Crippen LogP contribution in [0.25, 0.3) is 0 Å². The molecule has 0 saturated carbocycles. The van der Waals surface area contributed by atoms with Gasteiger partial charge in [-0.25, -0.2) is 0 Å². The highest BCUT2D eigenvalue weighted by Gasteiger charge is 2.13. The van der Waals surface area contributed by atoms with Crippen molar-refractivity contribution in [1.82, 2.24) is 0 Å². The summed E-state index contributed by atoms with van der Waals surface area (Å²) in [4.78, 5) is 0. The maximum atomic E-state index is 6.06. The second kappa shape index (κ2) is 8.74. The summed E-state index contributed by atoms with van der Waals surface area (Å²) in [6.45, 7) is 9.46. The lowest BCUT2D eigenvalue weighted by atomic mass is 9.91. The lowest BCUT2D eigenvalue weighted by Crippen LogP contribution is -2.15. The third kappa shape index (κ3) is 5.00. The normalized spacial score (nSPS) is 12.2. The summed E-state index contributed by atoms with van der Waals surface area (Å²) in [6.07, 6.45) is 1.08. The molecular weight excluding hydrogens is 298 g/mol. The highest BCUT2D eigenvalue weighted by Crippen LogP contribution is 2.27. The fraction of sp³-hybridized carbons (Fsp3) is 0.429. The molecule has 0 saturated heterocycles. The standard InChI is InChI=1S/C21H29NO2/c1-5-23-21-10-9-18(11-16(21)4)19(14-22)12-17-7-6-8-20(13-17)24-15(2)3/h6-11,13,15,19H,5,12,14,22H2,1-4H3. The van der Waals surface area contributed by atoms with E-state index in [4.69, 9.17) is 15.2 Å². The Morgan fingerprint density at radius 1 is 1.08 bits per heavy atom. The van der Waals surface area contributed by atoms with Gasteiger partial charge in [0.05, 0.1) is 12.7 Å². The van der Waals surface area contributed by atoms with Crippen LogP contribution in [0.5, 0.6) is 11.5 Å². The molecule has 0 aromatic heterocycles. The van der Waals surface area contributed by atoms with Crippen LogP contribution in [0.15, 0.2) is 42.5 Å². The van der Waals surface area contributed by atoms with Gasteiger partial charge < -0.3 is 15.2 Å². The SMILES string of the molecule is CCOc1ccc(C(CN)Cc2cccc(OC(C)C)c2)cc1C. The molecule has 0 aliphatic carbocycles. The number of ether oxygens (including phenoxy) is 2. The maximum absolute atomic E-state index is 6.06. The maximum Gasteiger partial charge on any atom is 0.122 e. The minimum Gasteiger partial charge on any atom is -0.494 e. The van der Waals surface area contributed by atoms with Crippen LogP contribution in [0.3, 0.4) is 0 Å². The monoisotopic (exact) mass is 327 g/mol. The Morgan fingerprint density at radius 3 is 2.50 bits per heavy atom. The van der Waals surface area contributed by atoms with Crippen LogP contribution in [0.2, 0.25) is 0 Å². The van der Waals surface area contributed by atoms with Crippen LogP contribution >= 0.6 is 0 Å². The summed E-state index contributed by atoms with van der Waals surface area (Å²) in [7, 11) is 0. The topological polar surface area (TPSA) is 44.5 Å². The fourth-order valence-corrected chi connectivity index (χ4v) is 2.88. The van der Waals surface area contributed by atoms with Gasteiger partial charge in [-0.3, -0.25) is 0 Å². The van der Waals surface area contributed by atoms with Crippen molar-refractivity contribution in [3.05, 3.63) is 59.2 Å². The van der Waals surface area contributed by atoms with E-state index in [1.165, 1.54) is 11.1 Å². The average molecular weight is 327 g/mol. The molecule has 2 rings (SSSR count). The van der Waals surface area contributed by atoms with Gasteiger partial charge in [0.25, 0.3) is 0 Å². The molecule has 1 atom stereocenters. The summed E-state index contributed by atoms with van der Waals surface area (Å²) in [5.74, 6) is 2.15. The van der Waals surface area contributed by atoms with Crippen LogP contribution in [-0.4, -0.2) is 19.3 Å². The Labute approximate surface area is 145 Å². The second-order valence-corrected chi connectivity index (χ2v) is 6.41. The molecule has 0 radical (unpaired) electrons. The number of aryl methyl sites for hydroxylation is 1. The molecule has 0 aliphatic heterocycles. The van der Waals surface area contributed by atoms with E-state index in [1.807, 2.05) is 32.9 Å². The summed E-state index contributed by atoms with van der Waals surface area (Å²) < 4.78 is 11.4. The lowest BCUT2D eigenvalue weighted by molar-refractivity contribution is 0.242. The predicted molar refractivity (Wildman–Crippen MR) is 100 cm³/mol. The Kier molecular flexibility index (Phi) is 6.68.